The van der Waals surface area contributed by atoms with E-state index < -0.39 is 34.4 Å². The van der Waals surface area contributed by atoms with Gasteiger partial charge in [0.1, 0.15) is 28.9 Å². The van der Waals surface area contributed by atoms with Gasteiger partial charge < -0.3 is 19.9 Å². The standard InChI is InChI=1S/C25H29F2N3O4/c1-4-19(22(31)28-11-24(32)12-33-13-24)34-25-9-8-15(23(25,2)3)14-10-18(29-30-21(14)25)20-16(26)6-5-7-17(20)27/h5-7,10,15,19,32H,4,8-9,11-13H2,1-3H3,(H,28,31)/t15-,19+,25-/m0/s1. The lowest BCUT2D eigenvalue weighted by atomic mass is 9.77. The van der Waals surface area contributed by atoms with Crippen LogP contribution in [0.4, 0.5) is 8.78 Å². The minimum Gasteiger partial charge on any atom is -0.383 e. The van der Waals surface area contributed by atoms with Gasteiger partial charge in [0.15, 0.2) is 0 Å². The third-order valence-electron chi connectivity index (χ3n) is 7.84. The number of aliphatic hydroxyl groups is 1. The molecule has 0 unspecified atom stereocenters. The maximum atomic E-state index is 14.4. The maximum Gasteiger partial charge on any atom is 0.249 e. The SMILES string of the molecule is CC[C@@H](O[C@@]12CC[C@@H](c3cc(-c4c(F)cccc4F)nnc31)C2(C)C)C(=O)NCC1(O)COC1. The number of carbonyl (C=O) groups is 1. The summed E-state index contributed by atoms with van der Waals surface area (Å²) < 4.78 is 40.4. The number of benzene rings is 1. The number of ether oxygens (including phenoxy) is 2. The summed E-state index contributed by atoms with van der Waals surface area (Å²) in [6, 6.07) is 5.43. The normalized spacial score (nSPS) is 26.6. The van der Waals surface area contributed by atoms with E-state index in [9.17, 15) is 18.7 Å². The lowest BCUT2D eigenvalue weighted by Gasteiger charge is -2.40. The van der Waals surface area contributed by atoms with Crippen molar-refractivity contribution in [3.63, 3.8) is 0 Å². The molecule has 7 nitrogen and oxygen atoms in total. The number of rotatable bonds is 7. The van der Waals surface area contributed by atoms with Crippen LogP contribution in [-0.4, -0.2) is 52.7 Å². The second-order valence-electron chi connectivity index (χ2n) is 10.2. The van der Waals surface area contributed by atoms with E-state index in [1.807, 2.05) is 6.92 Å². The third-order valence-corrected chi connectivity index (χ3v) is 7.84. The molecule has 2 aromatic rings. The van der Waals surface area contributed by atoms with Gasteiger partial charge in [-0.1, -0.05) is 26.8 Å². The molecule has 9 heteroatoms. The van der Waals surface area contributed by atoms with Crippen molar-refractivity contribution in [1.82, 2.24) is 15.5 Å². The molecule has 0 spiro atoms. The fourth-order valence-corrected chi connectivity index (χ4v) is 5.77. The molecule has 182 valence electrons. The predicted octanol–water partition coefficient (Wildman–Crippen LogP) is 3.21. The van der Waals surface area contributed by atoms with Gasteiger partial charge in [-0.2, -0.15) is 5.10 Å². The van der Waals surface area contributed by atoms with E-state index in [-0.39, 0.29) is 42.8 Å². The van der Waals surface area contributed by atoms with Gasteiger partial charge in [-0.25, -0.2) is 8.78 Å². The van der Waals surface area contributed by atoms with Crippen LogP contribution in [0.3, 0.4) is 0 Å². The number of hydrogen-bond acceptors (Lipinski definition) is 6. The van der Waals surface area contributed by atoms with Gasteiger partial charge in [0.05, 0.1) is 36.7 Å². The average Bonchev–Trinajstić information content (AvgIpc) is 3.14. The fourth-order valence-electron chi connectivity index (χ4n) is 5.77. The monoisotopic (exact) mass is 473 g/mol. The van der Waals surface area contributed by atoms with E-state index in [1.165, 1.54) is 18.2 Å². The van der Waals surface area contributed by atoms with E-state index in [2.05, 4.69) is 29.4 Å². The Balaban J connectivity index is 1.46. The summed E-state index contributed by atoms with van der Waals surface area (Å²) in [7, 11) is 0. The van der Waals surface area contributed by atoms with E-state index >= 15 is 0 Å². The Kier molecular flexibility index (Phi) is 5.50. The summed E-state index contributed by atoms with van der Waals surface area (Å²) in [4.78, 5) is 13.0. The van der Waals surface area contributed by atoms with Crippen LogP contribution in [0, 0.1) is 17.0 Å². The number of aromatic nitrogens is 2. The molecule has 1 aromatic carbocycles. The summed E-state index contributed by atoms with van der Waals surface area (Å²) in [6.45, 7) is 6.50. The molecule has 2 bridgehead atoms. The maximum absolute atomic E-state index is 14.4. The molecule has 1 amide bonds. The topological polar surface area (TPSA) is 93.6 Å². The highest BCUT2D eigenvalue weighted by Crippen LogP contribution is 2.68. The van der Waals surface area contributed by atoms with Gasteiger partial charge in [0, 0.05) is 5.41 Å². The van der Waals surface area contributed by atoms with Gasteiger partial charge in [-0.15, -0.1) is 5.10 Å². The molecule has 0 radical (unpaired) electrons. The number of fused-ring (bicyclic) bond motifs is 5. The molecule has 1 saturated heterocycles. The van der Waals surface area contributed by atoms with E-state index in [4.69, 9.17) is 9.47 Å². The van der Waals surface area contributed by atoms with Crippen molar-refractivity contribution < 1.29 is 28.2 Å². The first-order chi connectivity index (χ1) is 16.1. The minimum absolute atomic E-state index is 0.0555. The van der Waals surface area contributed by atoms with Crippen LogP contribution in [0.5, 0.6) is 0 Å². The van der Waals surface area contributed by atoms with Crippen molar-refractivity contribution in [2.45, 2.75) is 63.3 Å². The van der Waals surface area contributed by atoms with Crippen LogP contribution in [0.15, 0.2) is 24.3 Å². The number of halogens is 2. The van der Waals surface area contributed by atoms with Gasteiger partial charge in [0.25, 0.3) is 0 Å². The molecule has 1 aliphatic heterocycles. The van der Waals surface area contributed by atoms with Crippen molar-refractivity contribution >= 4 is 5.91 Å². The van der Waals surface area contributed by atoms with Crippen LogP contribution in [0.1, 0.15) is 57.2 Å². The second kappa shape index (κ2) is 8.03. The number of hydrogen-bond donors (Lipinski definition) is 2. The lowest BCUT2D eigenvalue weighted by Crippen LogP contribution is -2.58. The summed E-state index contributed by atoms with van der Waals surface area (Å²) in [6.07, 6.45) is 1.16. The highest BCUT2D eigenvalue weighted by molar-refractivity contribution is 5.81. The second-order valence-corrected chi connectivity index (χ2v) is 10.2. The Hall–Kier alpha value is -2.49. The summed E-state index contributed by atoms with van der Waals surface area (Å²) in [5.74, 6) is -1.63. The molecule has 5 rings (SSSR count). The molecule has 2 heterocycles. The van der Waals surface area contributed by atoms with Crippen LogP contribution >= 0.6 is 0 Å². The molecule has 1 saturated carbocycles. The van der Waals surface area contributed by atoms with Crippen LogP contribution in [-0.2, 0) is 19.9 Å². The van der Waals surface area contributed by atoms with Gasteiger partial charge in [-0.3, -0.25) is 4.79 Å². The highest BCUT2D eigenvalue weighted by atomic mass is 19.1. The van der Waals surface area contributed by atoms with E-state index in [0.717, 1.165) is 12.0 Å². The third kappa shape index (κ3) is 3.36. The smallest absolute Gasteiger partial charge is 0.249 e. The Bertz CT molecular complexity index is 1120. The molecule has 34 heavy (non-hydrogen) atoms. The number of nitrogens with zero attached hydrogens (tertiary/aromatic N) is 2. The lowest BCUT2D eigenvalue weighted by molar-refractivity contribution is -0.182. The van der Waals surface area contributed by atoms with Crippen molar-refractivity contribution in [2.24, 2.45) is 5.41 Å². The molecule has 2 fully saturated rings. The zero-order valence-corrected chi connectivity index (χ0v) is 19.5. The Morgan fingerprint density at radius 2 is 2.00 bits per heavy atom. The van der Waals surface area contributed by atoms with Crippen LogP contribution < -0.4 is 5.32 Å². The summed E-state index contributed by atoms with van der Waals surface area (Å²) in [5.41, 5.74) is -0.837. The number of carbonyl (C=O) groups excluding carboxylic acids is 1. The van der Waals surface area contributed by atoms with Crippen molar-refractivity contribution in [3.05, 3.63) is 47.2 Å². The highest BCUT2D eigenvalue weighted by Gasteiger charge is 2.65. The van der Waals surface area contributed by atoms with E-state index in [1.54, 1.807) is 6.07 Å². The quantitative estimate of drug-likeness (QED) is 0.642. The molecule has 2 aliphatic carbocycles. The first-order valence-corrected chi connectivity index (χ1v) is 11.7. The first kappa shape index (κ1) is 23.3. The fraction of sp³-hybridized carbons (Fsp3) is 0.560. The van der Waals surface area contributed by atoms with Crippen LogP contribution in [0.2, 0.25) is 0 Å². The van der Waals surface area contributed by atoms with Gasteiger partial charge in [-0.05, 0) is 48.9 Å². The minimum atomic E-state index is -1.03. The predicted molar refractivity (Wildman–Crippen MR) is 119 cm³/mol. The van der Waals surface area contributed by atoms with Crippen LogP contribution in [0.25, 0.3) is 11.3 Å². The average molecular weight is 474 g/mol. The van der Waals surface area contributed by atoms with Crippen molar-refractivity contribution in [2.75, 3.05) is 19.8 Å². The largest absolute Gasteiger partial charge is 0.383 e. The van der Waals surface area contributed by atoms with Gasteiger partial charge >= 0.3 is 0 Å². The Morgan fingerprint density at radius 3 is 2.62 bits per heavy atom. The Labute approximate surface area is 196 Å². The number of amides is 1. The summed E-state index contributed by atoms with van der Waals surface area (Å²) >= 11 is 0. The molecular weight excluding hydrogens is 444 g/mol. The molecule has 1 aromatic heterocycles. The van der Waals surface area contributed by atoms with Gasteiger partial charge in [0.2, 0.25) is 5.91 Å². The van der Waals surface area contributed by atoms with Crippen molar-refractivity contribution in [1.29, 1.82) is 0 Å². The Morgan fingerprint density at radius 1 is 1.29 bits per heavy atom. The molecule has 3 aliphatic rings. The number of nitrogens with one attached hydrogen (secondary N) is 1. The first-order valence-electron chi connectivity index (χ1n) is 11.7. The van der Waals surface area contributed by atoms with E-state index in [0.29, 0.717) is 18.5 Å². The zero-order valence-electron chi connectivity index (χ0n) is 19.5. The molecule has 2 N–H and O–H groups in total. The summed E-state index contributed by atoms with van der Waals surface area (Å²) in [5, 5.41) is 21.6. The zero-order chi connectivity index (χ0) is 24.3. The molecule has 3 atom stereocenters. The van der Waals surface area contributed by atoms with Crippen molar-refractivity contribution in [3.8, 4) is 11.3 Å². The molecular formula is C25H29F2N3O4.